The van der Waals surface area contributed by atoms with E-state index in [-0.39, 0.29) is 0 Å². The molecule has 0 aliphatic heterocycles. The van der Waals surface area contributed by atoms with Crippen LogP contribution in [0.5, 0.6) is 0 Å². The summed E-state index contributed by atoms with van der Waals surface area (Å²) in [6.45, 7) is 5.64. The standard InChI is InChI=1S/C10H20N2O/c1-5-7-10(11-6-2)12(3)8-9-13-4/h6-7H,5,8-9H2,1-4H3/b10-7+,11-6-. The molecule has 0 aromatic heterocycles. The molecule has 0 aliphatic rings. The Bertz CT molecular complexity index is 176. The van der Waals surface area contributed by atoms with Crippen molar-refractivity contribution >= 4 is 6.21 Å². The first-order valence-corrected chi connectivity index (χ1v) is 4.65. The molecule has 0 aliphatic carbocycles. The van der Waals surface area contributed by atoms with E-state index in [2.05, 4.69) is 22.9 Å². The van der Waals surface area contributed by atoms with Crippen LogP contribution in [0.4, 0.5) is 0 Å². The van der Waals surface area contributed by atoms with Gasteiger partial charge in [-0.05, 0) is 19.4 Å². The van der Waals surface area contributed by atoms with Crippen molar-refractivity contribution in [2.75, 3.05) is 27.3 Å². The molecule has 0 saturated heterocycles. The van der Waals surface area contributed by atoms with E-state index in [0.29, 0.717) is 0 Å². The van der Waals surface area contributed by atoms with Crippen LogP contribution in [0.1, 0.15) is 20.3 Å². The highest BCUT2D eigenvalue weighted by molar-refractivity contribution is 5.55. The van der Waals surface area contributed by atoms with Gasteiger partial charge in [0, 0.05) is 26.9 Å². The average molecular weight is 184 g/mol. The molecule has 0 unspecified atom stereocenters. The summed E-state index contributed by atoms with van der Waals surface area (Å²) in [5.74, 6) is 1.02. The molecule has 0 fully saturated rings. The number of allylic oxidation sites excluding steroid dienone is 1. The van der Waals surface area contributed by atoms with Crippen molar-refractivity contribution in [1.82, 2.24) is 4.90 Å². The number of hydrogen-bond acceptors (Lipinski definition) is 3. The normalized spacial score (nSPS) is 12.5. The Balaban J connectivity index is 4.11. The smallest absolute Gasteiger partial charge is 0.123 e. The fourth-order valence-electron chi connectivity index (χ4n) is 0.965. The van der Waals surface area contributed by atoms with E-state index in [9.17, 15) is 0 Å². The topological polar surface area (TPSA) is 24.8 Å². The Kier molecular flexibility index (Phi) is 7.30. The molecule has 0 saturated carbocycles. The van der Waals surface area contributed by atoms with E-state index in [0.717, 1.165) is 25.4 Å². The van der Waals surface area contributed by atoms with Crippen molar-refractivity contribution < 1.29 is 4.74 Å². The van der Waals surface area contributed by atoms with Gasteiger partial charge >= 0.3 is 0 Å². The maximum absolute atomic E-state index is 5.00. The third-order valence-corrected chi connectivity index (χ3v) is 1.67. The lowest BCUT2D eigenvalue weighted by Crippen LogP contribution is -2.21. The molecule has 3 nitrogen and oxygen atoms in total. The first kappa shape index (κ1) is 12.2. The molecule has 0 spiro atoms. The van der Waals surface area contributed by atoms with Gasteiger partial charge in [0.15, 0.2) is 0 Å². The summed E-state index contributed by atoms with van der Waals surface area (Å²) < 4.78 is 5.00. The van der Waals surface area contributed by atoms with Gasteiger partial charge in [-0.25, -0.2) is 4.99 Å². The first-order valence-electron chi connectivity index (χ1n) is 4.65. The third-order valence-electron chi connectivity index (χ3n) is 1.67. The van der Waals surface area contributed by atoms with E-state index >= 15 is 0 Å². The third kappa shape index (κ3) is 5.42. The minimum atomic E-state index is 0.733. The zero-order valence-corrected chi connectivity index (χ0v) is 9.08. The van der Waals surface area contributed by atoms with Crippen LogP contribution >= 0.6 is 0 Å². The molecule has 0 aromatic rings. The van der Waals surface area contributed by atoms with Crippen LogP contribution in [-0.2, 0) is 4.74 Å². The highest BCUT2D eigenvalue weighted by Crippen LogP contribution is 2.03. The van der Waals surface area contributed by atoms with Gasteiger partial charge < -0.3 is 9.64 Å². The maximum Gasteiger partial charge on any atom is 0.123 e. The Morgan fingerprint density at radius 1 is 1.54 bits per heavy atom. The Labute approximate surface area is 81.1 Å². The number of likely N-dealkylation sites (N-methyl/N-ethyl adjacent to an activating group) is 1. The lowest BCUT2D eigenvalue weighted by molar-refractivity contribution is 0.173. The minimum absolute atomic E-state index is 0.733. The van der Waals surface area contributed by atoms with Crippen LogP contribution in [-0.4, -0.2) is 38.4 Å². The van der Waals surface area contributed by atoms with E-state index in [1.54, 1.807) is 7.11 Å². The number of hydrogen-bond donors (Lipinski definition) is 0. The summed E-state index contributed by atoms with van der Waals surface area (Å²) in [5, 5.41) is 0. The van der Waals surface area contributed by atoms with Crippen LogP contribution in [0, 0.1) is 0 Å². The monoisotopic (exact) mass is 184 g/mol. The first-order chi connectivity index (χ1) is 6.26. The number of rotatable bonds is 6. The number of nitrogens with zero attached hydrogens (tertiary/aromatic N) is 2. The minimum Gasteiger partial charge on any atom is -0.383 e. The van der Waals surface area contributed by atoms with Gasteiger partial charge in [0.2, 0.25) is 0 Å². The van der Waals surface area contributed by atoms with Crippen molar-refractivity contribution in [3.05, 3.63) is 11.9 Å². The summed E-state index contributed by atoms with van der Waals surface area (Å²) in [6.07, 6.45) is 4.92. The Morgan fingerprint density at radius 3 is 2.69 bits per heavy atom. The van der Waals surface area contributed by atoms with Crippen LogP contribution in [0.2, 0.25) is 0 Å². The fraction of sp³-hybridized carbons (Fsp3) is 0.700. The van der Waals surface area contributed by atoms with E-state index in [1.807, 2.05) is 20.2 Å². The Morgan fingerprint density at radius 2 is 2.23 bits per heavy atom. The van der Waals surface area contributed by atoms with Gasteiger partial charge in [-0.3, -0.25) is 0 Å². The second-order valence-corrected chi connectivity index (χ2v) is 2.77. The number of methoxy groups -OCH3 is 1. The van der Waals surface area contributed by atoms with Gasteiger partial charge in [-0.1, -0.05) is 6.92 Å². The molecule has 3 heteroatoms. The molecule has 0 radical (unpaired) electrons. The lowest BCUT2D eigenvalue weighted by atomic mass is 10.4. The highest BCUT2D eigenvalue weighted by atomic mass is 16.5. The van der Waals surface area contributed by atoms with Crippen molar-refractivity contribution in [3.63, 3.8) is 0 Å². The second-order valence-electron chi connectivity index (χ2n) is 2.77. The van der Waals surface area contributed by atoms with Crippen molar-refractivity contribution in [3.8, 4) is 0 Å². The highest BCUT2D eigenvalue weighted by Gasteiger charge is 1.99. The summed E-state index contributed by atoms with van der Waals surface area (Å²) >= 11 is 0. The quantitative estimate of drug-likeness (QED) is 0.589. The molecular formula is C10H20N2O. The van der Waals surface area contributed by atoms with Crippen molar-refractivity contribution in [2.45, 2.75) is 20.3 Å². The Hall–Kier alpha value is -0.830. The van der Waals surface area contributed by atoms with Gasteiger partial charge in [0.1, 0.15) is 5.82 Å². The molecule has 0 heterocycles. The predicted octanol–water partition coefficient (Wildman–Crippen LogP) is 1.91. The van der Waals surface area contributed by atoms with Crippen LogP contribution in [0.25, 0.3) is 0 Å². The van der Waals surface area contributed by atoms with Crippen LogP contribution in [0.15, 0.2) is 16.9 Å². The summed E-state index contributed by atoms with van der Waals surface area (Å²) in [4.78, 5) is 6.36. The van der Waals surface area contributed by atoms with Gasteiger partial charge in [-0.2, -0.15) is 0 Å². The zero-order valence-electron chi connectivity index (χ0n) is 9.08. The molecule has 0 atom stereocenters. The predicted molar refractivity (Wildman–Crippen MR) is 57.0 cm³/mol. The molecular weight excluding hydrogens is 164 g/mol. The fourth-order valence-corrected chi connectivity index (χ4v) is 0.965. The van der Waals surface area contributed by atoms with Crippen LogP contribution in [0.3, 0.4) is 0 Å². The van der Waals surface area contributed by atoms with Crippen LogP contribution < -0.4 is 0 Å². The molecule has 0 bridgehead atoms. The molecule has 0 aromatic carbocycles. The van der Waals surface area contributed by atoms with Gasteiger partial charge in [0.25, 0.3) is 0 Å². The molecule has 0 amide bonds. The van der Waals surface area contributed by atoms with E-state index in [4.69, 9.17) is 4.74 Å². The SMILES string of the molecule is C/C=N\C(=C/CC)N(C)CCOC. The maximum atomic E-state index is 5.00. The number of ether oxygens (including phenoxy) is 1. The number of aliphatic imine (C=N–C) groups is 1. The van der Waals surface area contributed by atoms with Gasteiger partial charge in [0.05, 0.1) is 6.61 Å². The average Bonchev–Trinajstić information content (AvgIpc) is 2.14. The van der Waals surface area contributed by atoms with Crippen molar-refractivity contribution in [1.29, 1.82) is 0 Å². The van der Waals surface area contributed by atoms with Gasteiger partial charge in [-0.15, -0.1) is 0 Å². The second kappa shape index (κ2) is 7.80. The largest absolute Gasteiger partial charge is 0.383 e. The van der Waals surface area contributed by atoms with E-state index < -0.39 is 0 Å². The molecule has 0 N–H and O–H groups in total. The lowest BCUT2D eigenvalue weighted by Gasteiger charge is -2.18. The molecule has 0 rings (SSSR count). The summed E-state index contributed by atoms with van der Waals surface area (Å²) in [7, 11) is 3.73. The van der Waals surface area contributed by atoms with Crippen molar-refractivity contribution in [2.24, 2.45) is 4.99 Å². The molecule has 76 valence electrons. The molecule has 13 heavy (non-hydrogen) atoms. The van der Waals surface area contributed by atoms with E-state index in [1.165, 1.54) is 0 Å². The zero-order chi connectivity index (χ0) is 10.1. The summed E-state index contributed by atoms with van der Waals surface area (Å²) in [6, 6.07) is 0. The summed E-state index contributed by atoms with van der Waals surface area (Å²) in [5.41, 5.74) is 0.